The highest BCUT2D eigenvalue weighted by Gasteiger charge is 2.11. The third-order valence-electron chi connectivity index (χ3n) is 2.85. The molecular weight excluding hydrogens is 304 g/mol. The molecule has 6 heteroatoms. The van der Waals surface area contributed by atoms with Gasteiger partial charge in [-0.15, -0.1) is 0 Å². The van der Waals surface area contributed by atoms with Crippen LogP contribution in [0.1, 0.15) is 17.3 Å². The fourth-order valence-corrected chi connectivity index (χ4v) is 2.10. The van der Waals surface area contributed by atoms with E-state index in [1.165, 1.54) is 14.0 Å². The second kappa shape index (κ2) is 6.95. The quantitative estimate of drug-likeness (QED) is 0.905. The van der Waals surface area contributed by atoms with Crippen molar-refractivity contribution in [2.45, 2.75) is 6.92 Å². The van der Waals surface area contributed by atoms with E-state index in [1.54, 1.807) is 42.5 Å². The van der Waals surface area contributed by atoms with E-state index in [0.717, 1.165) is 0 Å². The van der Waals surface area contributed by atoms with Gasteiger partial charge in [-0.05, 0) is 36.4 Å². The maximum atomic E-state index is 12.3. The summed E-state index contributed by atoms with van der Waals surface area (Å²) >= 11 is 5.88. The smallest absolute Gasteiger partial charge is 0.255 e. The molecule has 2 aromatic carbocycles. The van der Waals surface area contributed by atoms with Crippen molar-refractivity contribution in [2.75, 3.05) is 17.7 Å². The molecule has 2 N–H and O–H groups in total. The predicted octanol–water partition coefficient (Wildman–Crippen LogP) is 3.56. The van der Waals surface area contributed by atoms with Crippen molar-refractivity contribution in [3.63, 3.8) is 0 Å². The van der Waals surface area contributed by atoms with Crippen molar-refractivity contribution >= 4 is 34.8 Å². The number of carbonyl (C=O) groups is 2. The zero-order chi connectivity index (χ0) is 16.1. The van der Waals surface area contributed by atoms with Gasteiger partial charge in [0.2, 0.25) is 5.91 Å². The molecule has 114 valence electrons. The van der Waals surface area contributed by atoms with Crippen molar-refractivity contribution < 1.29 is 14.3 Å². The SMILES string of the molecule is COc1ccc(NC(C)=O)cc1NC(=O)c1cccc(Cl)c1. The fourth-order valence-electron chi connectivity index (χ4n) is 1.91. The third-order valence-corrected chi connectivity index (χ3v) is 3.09. The normalized spacial score (nSPS) is 9.95. The number of anilines is 2. The van der Waals surface area contributed by atoms with Crippen LogP contribution in [-0.4, -0.2) is 18.9 Å². The van der Waals surface area contributed by atoms with Gasteiger partial charge in [-0.25, -0.2) is 0 Å². The molecule has 0 aromatic heterocycles. The van der Waals surface area contributed by atoms with Gasteiger partial charge in [0.15, 0.2) is 0 Å². The zero-order valence-corrected chi connectivity index (χ0v) is 12.9. The molecule has 2 rings (SSSR count). The molecule has 0 saturated heterocycles. The maximum absolute atomic E-state index is 12.3. The van der Waals surface area contributed by atoms with Gasteiger partial charge in [0.1, 0.15) is 5.75 Å². The molecule has 2 amide bonds. The Morgan fingerprint density at radius 3 is 2.50 bits per heavy atom. The van der Waals surface area contributed by atoms with Crippen molar-refractivity contribution in [3.05, 3.63) is 53.1 Å². The highest BCUT2D eigenvalue weighted by atomic mass is 35.5. The first-order valence-electron chi connectivity index (χ1n) is 6.52. The van der Waals surface area contributed by atoms with E-state index in [1.807, 2.05) is 0 Å². The van der Waals surface area contributed by atoms with Gasteiger partial charge in [0.25, 0.3) is 5.91 Å². The molecule has 0 heterocycles. The van der Waals surface area contributed by atoms with Crippen molar-refractivity contribution in [1.29, 1.82) is 0 Å². The van der Waals surface area contributed by atoms with Crippen LogP contribution in [0, 0.1) is 0 Å². The minimum atomic E-state index is -0.319. The molecule has 0 aliphatic heterocycles. The summed E-state index contributed by atoms with van der Waals surface area (Å²) < 4.78 is 5.21. The molecule has 0 aliphatic rings. The van der Waals surface area contributed by atoms with E-state index in [-0.39, 0.29) is 11.8 Å². The summed E-state index contributed by atoms with van der Waals surface area (Å²) in [6.45, 7) is 1.41. The van der Waals surface area contributed by atoms with Crippen molar-refractivity contribution in [3.8, 4) is 5.75 Å². The highest BCUT2D eigenvalue weighted by Crippen LogP contribution is 2.28. The van der Waals surface area contributed by atoms with Gasteiger partial charge in [0.05, 0.1) is 12.8 Å². The Balaban J connectivity index is 2.26. The molecule has 0 bridgehead atoms. The van der Waals surface area contributed by atoms with Crippen molar-refractivity contribution in [2.24, 2.45) is 0 Å². The number of rotatable bonds is 4. The molecule has 5 nitrogen and oxygen atoms in total. The maximum Gasteiger partial charge on any atom is 0.255 e. The average Bonchev–Trinajstić information content (AvgIpc) is 2.47. The van der Waals surface area contributed by atoms with E-state index in [2.05, 4.69) is 10.6 Å². The average molecular weight is 319 g/mol. The first-order valence-corrected chi connectivity index (χ1v) is 6.90. The van der Waals surface area contributed by atoms with Crippen molar-refractivity contribution in [1.82, 2.24) is 0 Å². The number of hydrogen-bond acceptors (Lipinski definition) is 3. The van der Waals surface area contributed by atoms with Gasteiger partial charge < -0.3 is 15.4 Å². The van der Waals surface area contributed by atoms with Crippen LogP contribution >= 0.6 is 11.6 Å². The number of hydrogen-bond donors (Lipinski definition) is 2. The Hall–Kier alpha value is -2.53. The molecule has 0 saturated carbocycles. The predicted molar refractivity (Wildman–Crippen MR) is 86.7 cm³/mol. The first-order chi connectivity index (χ1) is 10.5. The second-order valence-electron chi connectivity index (χ2n) is 4.56. The summed E-state index contributed by atoms with van der Waals surface area (Å²) in [6, 6.07) is 11.6. The molecule has 0 aliphatic carbocycles. The van der Waals surface area contributed by atoms with Crippen LogP contribution in [0.5, 0.6) is 5.75 Å². The molecular formula is C16H15ClN2O3. The van der Waals surface area contributed by atoms with Gasteiger partial charge in [-0.2, -0.15) is 0 Å². The summed E-state index contributed by atoms with van der Waals surface area (Å²) in [5.41, 5.74) is 1.45. The fraction of sp³-hybridized carbons (Fsp3) is 0.125. The third kappa shape index (κ3) is 3.99. The lowest BCUT2D eigenvalue weighted by Crippen LogP contribution is -2.13. The second-order valence-corrected chi connectivity index (χ2v) is 5.00. The summed E-state index contributed by atoms with van der Waals surface area (Å²) in [4.78, 5) is 23.4. The lowest BCUT2D eigenvalue weighted by Gasteiger charge is -2.12. The summed E-state index contributed by atoms with van der Waals surface area (Å²) in [5, 5.41) is 5.87. The van der Waals surface area contributed by atoms with Crippen LogP contribution in [0.15, 0.2) is 42.5 Å². The Labute approximate surface area is 133 Å². The number of methoxy groups -OCH3 is 1. The van der Waals surface area contributed by atoms with Gasteiger partial charge in [0, 0.05) is 23.2 Å². The molecule has 0 atom stereocenters. The number of benzene rings is 2. The van der Waals surface area contributed by atoms with E-state index in [0.29, 0.717) is 27.7 Å². The number of ether oxygens (including phenoxy) is 1. The molecule has 0 unspecified atom stereocenters. The topological polar surface area (TPSA) is 67.4 Å². The van der Waals surface area contributed by atoms with Crippen LogP contribution in [-0.2, 0) is 4.79 Å². The Bertz CT molecular complexity index is 716. The molecule has 0 fully saturated rings. The standard InChI is InChI=1S/C16H15ClN2O3/c1-10(20)18-13-6-7-15(22-2)14(9-13)19-16(21)11-4-3-5-12(17)8-11/h3-9H,1-2H3,(H,18,20)(H,19,21). The van der Waals surface area contributed by atoms with Crippen LogP contribution < -0.4 is 15.4 Å². The van der Waals surface area contributed by atoms with E-state index >= 15 is 0 Å². The Morgan fingerprint density at radius 1 is 1.09 bits per heavy atom. The minimum Gasteiger partial charge on any atom is -0.495 e. The lowest BCUT2D eigenvalue weighted by atomic mass is 10.2. The Kier molecular flexibility index (Phi) is 5.01. The van der Waals surface area contributed by atoms with E-state index < -0.39 is 0 Å². The monoisotopic (exact) mass is 318 g/mol. The van der Waals surface area contributed by atoms with E-state index in [9.17, 15) is 9.59 Å². The van der Waals surface area contributed by atoms with Gasteiger partial charge in [-0.1, -0.05) is 17.7 Å². The lowest BCUT2D eigenvalue weighted by molar-refractivity contribution is -0.114. The van der Waals surface area contributed by atoms with Gasteiger partial charge in [-0.3, -0.25) is 9.59 Å². The van der Waals surface area contributed by atoms with Crippen LogP contribution in [0.25, 0.3) is 0 Å². The van der Waals surface area contributed by atoms with Gasteiger partial charge >= 0.3 is 0 Å². The summed E-state index contributed by atoms with van der Waals surface area (Å²) in [7, 11) is 1.50. The number of halogens is 1. The minimum absolute atomic E-state index is 0.197. The molecule has 0 spiro atoms. The van der Waals surface area contributed by atoms with E-state index in [4.69, 9.17) is 16.3 Å². The van der Waals surface area contributed by atoms with Crippen LogP contribution in [0.3, 0.4) is 0 Å². The summed E-state index contributed by atoms with van der Waals surface area (Å²) in [6.07, 6.45) is 0. The zero-order valence-electron chi connectivity index (χ0n) is 12.1. The molecule has 0 radical (unpaired) electrons. The Morgan fingerprint density at radius 2 is 1.86 bits per heavy atom. The van der Waals surface area contributed by atoms with Crippen LogP contribution in [0.2, 0.25) is 5.02 Å². The first kappa shape index (κ1) is 15.9. The largest absolute Gasteiger partial charge is 0.495 e. The molecule has 22 heavy (non-hydrogen) atoms. The molecule has 2 aromatic rings. The highest BCUT2D eigenvalue weighted by molar-refractivity contribution is 6.31. The number of nitrogens with one attached hydrogen (secondary N) is 2. The van der Waals surface area contributed by atoms with Crippen LogP contribution in [0.4, 0.5) is 11.4 Å². The number of carbonyl (C=O) groups excluding carboxylic acids is 2. The summed E-state index contributed by atoms with van der Waals surface area (Å²) in [5.74, 6) is -0.0254. The number of amides is 2.